The summed E-state index contributed by atoms with van der Waals surface area (Å²) in [5.74, 6) is -4.73. The standard InChI is InChI=1S/C12H12F2O2/c13-12(14,7-11(15)16)10-6-2-4-8-3-1-5-9(8)10/h2,4,6H,1,3,5,7H2,(H,15,16). The van der Waals surface area contributed by atoms with Gasteiger partial charge in [-0.15, -0.1) is 0 Å². The lowest BCUT2D eigenvalue weighted by Gasteiger charge is -2.18. The molecule has 0 heterocycles. The van der Waals surface area contributed by atoms with Crippen LogP contribution in [0.5, 0.6) is 0 Å². The number of aryl methyl sites for hydroxylation is 1. The Balaban J connectivity index is 2.40. The van der Waals surface area contributed by atoms with E-state index in [2.05, 4.69) is 0 Å². The molecule has 2 rings (SSSR count). The monoisotopic (exact) mass is 226 g/mol. The SMILES string of the molecule is O=C(O)CC(F)(F)c1cccc2c1CCC2. The Labute approximate surface area is 91.9 Å². The number of carboxylic acid groups (broad SMARTS) is 1. The molecule has 0 fully saturated rings. The Morgan fingerprint density at radius 3 is 2.81 bits per heavy atom. The first-order valence-corrected chi connectivity index (χ1v) is 5.21. The highest BCUT2D eigenvalue weighted by molar-refractivity contribution is 5.68. The van der Waals surface area contributed by atoms with E-state index in [9.17, 15) is 13.6 Å². The Hall–Kier alpha value is -1.45. The summed E-state index contributed by atoms with van der Waals surface area (Å²) < 4.78 is 27.4. The summed E-state index contributed by atoms with van der Waals surface area (Å²) in [6.07, 6.45) is 1.17. The minimum Gasteiger partial charge on any atom is -0.481 e. The highest BCUT2D eigenvalue weighted by Gasteiger charge is 2.37. The lowest BCUT2D eigenvalue weighted by Crippen LogP contribution is -2.20. The molecular formula is C12H12F2O2. The Kier molecular flexibility index (Phi) is 2.66. The molecule has 1 N–H and O–H groups in total. The van der Waals surface area contributed by atoms with Crippen LogP contribution < -0.4 is 0 Å². The van der Waals surface area contributed by atoms with Crippen LogP contribution in [0.4, 0.5) is 8.78 Å². The van der Waals surface area contributed by atoms with Gasteiger partial charge in [0.1, 0.15) is 6.42 Å². The number of carboxylic acids is 1. The first-order valence-electron chi connectivity index (χ1n) is 5.21. The maximum atomic E-state index is 13.7. The van der Waals surface area contributed by atoms with Gasteiger partial charge < -0.3 is 5.11 Å². The summed E-state index contributed by atoms with van der Waals surface area (Å²) in [6.45, 7) is 0. The van der Waals surface area contributed by atoms with E-state index in [1.807, 2.05) is 6.07 Å². The molecule has 1 aromatic carbocycles. The van der Waals surface area contributed by atoms with Crippen LogP contribution in [0.2, 0.25) is 0 Å². The summed E-state index contributed by atoms with van der Waals surface area (Å²) in [5, 5.41) is 8.48. The van der Waals surface area contributed by atoms with E-state index in [1.54, 1.807) is 6.07 Å². The third-order valence-electron chi connectivity index (χ3n) is 2.91. The second-order valence-corrected chi connectivity index (χ2v) is 4.07. The van der Waals surface area contributed by atoms with Gasteiger partial charge in [0.2, 0.25) is 0 Å². The van der Waals surface area contributed by atoms with E-state index in [4.69, 9.17) is 5.11 Å². The number of alkyl halides is 2. The number of halogens is 2. The van der Waals surface area contributed by atoms with Gasteiger partial charge in [-0.1, -0.05) is 18.2 Å². The van der Waals surface area contributed by atoms with Crippen LogP contribution in [0.25, 0.3) is 0 Å². The summed E-state index contributed by atoms with van der Waals surface area (Å²) >= 11 is 0. The zero-order chi connectivity index (χ0) is 11.8. The van der Waals surface area contributed by atoms with E-state index in [-0.39, 0.29) is 5.56 Å². The molecule has 0 bridgehead atoms. The first-order chi connectivity index (χ1) is 7.50. The quantitative estimate of drug-likeness (QED) is 0.860. The predicted octanol–water partition coefficient (Wildman–Crippen LogP) is 2.74. The van der Waals surface area contributed by atoms with Crippen LogP contribution >= 0.6 is 0 Å². The summed E-state index contributed by atoms with van der Waals surface area (Å²) in [7, 11) is 0. The van der Waals surface area contributed by atoms with Crippen molar-refractivity contribution in [2.24, 2.45) is 0 Å². The number of hydrogen-bond acceptors (Lipinski definition) is 1. The average Bonchev–Trinajstić information content (AvgIpc) is 2.62. The fraction of sp³-hybridized carbons (Fsp3) is 0.417. The zero-order valence-corrected chi connectivity index (χ0v) is 8.67. The number of hydrogen-bond donors (Lipinski definition) is 1. The smallest absolute Gasteiger partial charge is 0.309 e. The van der Waals surface area contributed by atoms with Crippen LogP contribution in [-0.2, 0) is 23.6 Å². The van der Waals surface area contributed by atoms with Gasteiger partial charge in [0.15, 0.2) is 0 Å². The molecule has 0 spiro atoms. The third-order valence-corrected chi connectivity index (χ3v) is 2.91. The highest BCUT2D eigenvalue weighted by atomic mass is 19.3. The molecule has 0 saturated heterocycles. The van der Waals surface area contributed by atoms with Crippen LogP contribution in [0.15, 0.2) is 18.2 Å². The fourth-order valence-electron chi connectivity index (χ4n) is 2.25. The predicted molar refractivity (Wildman–Crippen MR) is 54.6 cm³/mol. The van der Waals surface area contributed by atoms with Crippen molar-refractivity contribution < 1.29 is 18.7 Å². The third kappa shape index (κ3) is 1.92. The van der Waals surface area contributed by atoms with Gasteiger partial charge in [-0.25, -0.2) is 8.78 Å². The van der Waals surface area contributed by atoms with E-state index in [0.717, 1.165) is 18.4 Å². The topological polar surface area (TPSA) is 37.3 Å². The van der Waals surface area contributed by atoms with Gasteiger partial charge in [-0.2, -0.15) is 0 Å². The molecule has 86 valence electrons. The van der Waals surface area contributed by atoms with Crippen molar-refractivity contribution in [2.45, 2.75) is 31.6 Å². The van der Waals surface area contributed by atoms with Gasteiger partial charge in [0.25, 0.3) is 5.92 Å². The normalized spacial score (nSPS) is 14.9. The van der Waals surface area contributed by atoms with Crippen LogP contribution in [0.1, 0.15) is 29.5 Å². The highest BCUT2D eigenvalue weighted by Crippen LogP contribution is 2.38. The number of rotatable bonds is 3. The van der Waals surface area contributed by atoms with Gasteiger partial charge in [-0.05, 0) is 30.4 Å². The molecule has 0 unspecified atom stereocenters. The van der Waals surface area contributed by atoms with Crippen molar-refractivity contribution in [1.82, 2.24) is 0 Å². The minimum atomic E-state index is -3.26. The molecule has 1 aromatic rings. The average molecular weight is 226 g/mol. The van der Waals surface area contributed by atoms with Crippen molar-refractivity contribution in [3.63, 3.8) is 0 Å². The second kappa shape index (κ2) is 3.85. The van der Waals surface area contributed by atoms with Crippen molar-refractivity contribution >= 4 is 5.97 Å². The molecule has 4 heteroatoms. The van der Waals surface area contributed by atoms with Gasteiger partial charge in [0, 0.05) is 5.56 Å². The summed E-state index contributed by atoms with van der Waals surface area (Å²) in [4.78, 5) is 10.4. The number of fused-ring (bicyclic) bond motifs is 1. The first kappa shape index (κ1) is 11.0. The molecule has 0 saturated carbocycles. The lowest BCUT2D eigenvalue weighted by molar-refractivity contribution is -0.145. The van der Waals surface area contributed by atoms with Crippen molar-refractivity contribution in [1.29, 1.82) is 0 Å². The summed E-state index contributed by atoms with van der Waals surface area (Å²) in [6, 6.07) is 4.75. The lowest BCUT2D eigenvalue weighted by atomic mass is 9.96. The molecule has 0 radical (unpaired) electrons. The van der Waals surface area contributed by atoms with Gasteiger partial charge >= 0.3 is 5.97 Å². The Morgan fingerprint density at radius 1 is 1.38 bits per heavy atom. The van der Waals surface area contributed by atoms with Crippen LogP contribution in [0, 0.1) is 0 Å². The molecule has 0 aliphatic heterocycles. The van der Waals surface area contributed by atoms with Crippen molar-refractivity contribution in [3.8, 4) is 0 Å². The van der Waals surface area contributed by atoms with E-state index < -0.39 is 18.3 Å². The number of benzene rings is 1. The molecule has 16 heavy (non-hydrogen) atoms. The molecule has 2 nitrogen and oxygen atoms in total. The molecule has 0 aromatic heterocycles. The molecule has 0 amide bonds. The van der Waals surface area contributed by atoms with E-state index in [0.29, 0.717) is 12.0 Å². The summed E-state index contributed by atoms with van der Waals surface area (Å²) in [5.41, 5.74) is 1.47. The number of carbonyl (C=O) groups is 1. The Bertz CT molecular complexity index is 427. The minimum absolute atomic E-state index is 0.107. The molecule has 1 aliphatic rings. The van der Waals surface area contributed by atoms with Crippen LogP contribution in [0.3, 0.4) is 0 Å². The van der Waals surface area contributed by atoms with Gasteiger partial charge in [0.05, 0.1) is 0 Å². The van der Waals surface area contributed by atoms with E-state index >= 15 is 0 Å². The molecular weight excluding hydrogens is 214 g/mol. The fourth-order valence-corrected chi connectivity index (χ4v) is 2.25. The maximum absolute atomic E-state index is 13.7. The Morgan fingerprint density at radius 2 is 2.12 bits per heavy atom. The maximum Gasteiger partial charge on any atom is 0.309 e. The van der Waals surface area contributed by atoms with Crippen molar-refractivity contribution in [3.05, 3.63) is 34.9 Å². The number of aliphatic carboxylic acids is 1. The molecule has 0 atom stereocenters. The van der Waals surface area contributed by atoms with Crippen LogP contribution in [-0.4, -0.2) is 11.1 Å². The largest absolute Gasteiger partial charge is 0.481 e. The zero-order valence-electron chi connectivity index (χ0n) is 8.67. The van der Waals surface area contributed by atoms with Crippen molar-refractivity contribution in [2.75, 3.05) is 0 Å². The van der Waals surface area contributed by atoms with E-state index in [1.165, 1.54) is 6.07 Å². The second-order valence-electron chi connectivity index (χ2n) is 4.07. The molecule has 1 aliphatic carbocycles. The van der Waals surface area contributed by atoms with Gasteiger partial charge in [-0.3, -0.25) is 4.79 Å².